The largest absolute Gasteiger partial charge is 0.507 e. The number of rotatable bonds is 10. The molecule has 11 heteroatoms. The normalized spacial score (nSPS) is 11.7. The van der Waals surface area contributed by atoms with E-state index in [1.165, 1.54) is 0 Å². The Morgan fingerprint density at radius 2 is 0.802 bits per heavy atom. The van der Waals surface area contributed by atoms with Crippen molar-refractivity contribution in [2.75, 3.05) is 0 Å². The van der Waals surface area contributed by atoms with E-state index in [-0.39, 0.29) is 54.2 Å². The molecular weight excluding hydrogens is 1180 g/mol. The minimum absolute atomic E-state index is 0. The minimum atomic E-state index is -0.273. The van der Waals surface area contributed by atoms with Crippen LogP contribution in [0.2, 0.25) is 0 Å². The molecule has 0 saturated carbocycles. The first-order valence-electron chi connectivity index (χ1n) is 26.9. The number of phenols is 2. The molecule has 10 aromatic rings. The van der Waals surface area contributed by atoms with Gasteiger partial charge in [-0.3, -0.25) is 4.98 Å². The van der Waals surface area contributed by atoms with Crippen LogP contribution in [-0.4, -0.2) is 40.1 Å². The van der Waals surface area contributed by atoms with Crippen molar-refractivity contribution in [3.8, 4) is 103 Å². The fourth-order valence-electron chi connectivity index (χ4n) is 8.98. The summed E-state index contributed by atoms with van der Waals surface area (Å²) in [5, 5.41) is 23.2. The van der Waals surface area contributed by atoms with Gasteiger partial charge in [-0.05, 0) is 86.5 Å². The maximum atomic E-state index is 11.6. The molecule has 414 valence electrons. The first-order chi connectivity index (χ1) is 38.0. The summed E-state index contributed by atoms with van der Waals surface area (Å²) in [5.74, 6) is 3.54. The molecule has 0 bridgehead atoms. The zero-order valence-electron chi connectivity index (χ0n) is 48.1. The molecule has 0 aliphatic heterocycles. The van der Waals surface area contributed by atoms with E-state index in [0.29, 0.717) is 51.7 Å². The first-order valence-corrected chi connectivity index (χ1v) is 26.9. The quantitative estimate of drug-likeness (QED) is 0.127. The number of pyridine rings is 2. The van der Waals surface area contributed by atoms with E-state index < -0.39 is 0 Å². The summed E-state index contributed by atoms with van der Waals surface area (Å²) in [6.07, 6.45) is 3.39. The van der Waals surface area contributed by atoms with Gasteiger partial charge in [0.2, 0.25) is 11.8 Å². The molecule has 0 radical (unpaired) electrons. The summed E-state index contributed by atoms with van der Waals surface area (Å²) in [6, 6.07) is 60.1. The average molecular weight is 1250 g/mol. The molecule has 0 atom stereocenters. The molecular formula is C70H69N6O4Pt-. The summed E-state index contributed by atoms with van der Waals surface area (Å²) in [6.45, 7) is 25.7. The number of hydrogen-bond donors (Lipinski definition) is 2. The van der Waals surface area contributed by atoms with Crippen LogP contribution in [0.5, 0.6) is 34.8 Å². The zero-order chi connectivity index (χ0) is 57.0. The molecule has 0 saturated heterocycles. The van der Waals surface area contributed by atoms with Crippen LogP contribution in [0.3, 0.4) is 0 Å². The Hall–Kier alpha value is -8.33. The van der Waals surface area contributed by atoms with E-state index in [2.05, 4.69) is 111 Å². The van der Waals surface area contributed by atoms with Gasteiger partial charge in [0.05, 0.1) is 28.2 Å². The van der Waals surface area contributed by atoms with Crippen molar-refractivity contribution < 1.29 is 40.8 Å². The van der Waals surface area contributed by atoms with Crippen LogP contribution >= 0.6 is 0 Å². The molecule has 0 amide bonds. The molecule has 0 unspecified atom stereocenters. The number of hydrogen-bond acceptors (Lipinski definition) is 10. The second-order valence-electron chi connectivity index (χ2n) is 24.0. The molecule has 4 aromatic heterocycles. The summed E-state index contributed by atoms with van der Waals surface area (Å²) in [4.78, 5) is 28.5. The maximum Gasteiger partial charge on any atom is 0.219 e. The van der Waals surface area contributed by atoms with Gasteiger partial charge in [-0.25, -0.2) is 24.9 Å². The van der Waals surface area contributed by atoms with Crippen molar-refractivity contribution in [3.05, 3.63) is 217 Å². The molecule has 4 heterocycles. The minimum Gasteiger partial charge on any atom is -0.507 e. The summed E-state index contributed by atoms with van der Waals surface area (Å²) in [5.41, 5.74) is 10.9. The van der Waals surface area contributed by atoms with Gasteiger partial charge < -0.3 is 19.7 Å². The predicted molar refractivity (Wildman–Crippen MR) is 322 cm³/mol. The van der Waals surface area contributed by atoms with Gasteiger partial charge in [-0.15, -0.1) is 23.8 Å². The summed E-state index contributed by atoms with van der Waals surface area (Å²) in [7, 11) is 0. The van der Waals surface area contributed by atoms with E-state index in [1.807, 2.05) is 158 Å². The Morgan fingerprint density at radius 3 is 1.26 bits per heavy atom. The van der Waals surface area contributed by atoms with Crippen molar-refractivity contribution in [2.45, 2.75) is 105 Å². The standard InChI is InChI=1S/C35H35N3O2.C35H34N3O2.Pt/c2*1-34(2,3)25-20-27(32(39)28(21-25)35(4,5)6)33-37-29(23-13-8-7-9-14-23)22-30(38-33)24-15-12-16-26(19-24)40-31-17-10-11-18-36-31;/h7-22,39H,1-6H3;7-18,20-22,39H,1-6H3;/q;-1;. The number of benzene rings is 6. The van der Waals surface area contributed by atoms with Crippen LogP contribution in [-0.2, 0) is 42.7 Å². The van der Waals surface area contributed by atoms with Crippen LogP contribution in [0.4, 0.5) is 0 Å². The first kappa shape index (κ1) is 58.8. The van der Waals surface area contributed by atoms with Crippen LogP contribution in [0, 0.1) is 6.07 Å². The van der Waals surface area contributed by atoms with Crippen molar-refractivity contribution >= 4 is 0 Å². The second-order valence-corrected chi connectivity index (χ2v) is 24.0. The van der Waals surface area contributed by atoms with E-state index in [1.54, 1.807) is 18.5 Å². The van der Waals surface area contributed by atoms with E-state index in [9.17, 15) is 10.2 Å². The molecule has 10 rings (SSSR count). The van der Waals surface area contributed by atoms with Gasteiger partial charge in [-0.1, -0.05) is 192 Å². The second kappa shape index (κ2) is 24.2. The third-order valence-electron chi connectivity index (χ3n) is 13.5. The van der Waals surface area contributed by atoms with Crippen LogP contribution < -0.4 is 9.47 Å². The third kappa shape index (κ3) is 14.4. The predicted octanol–water partition coefficient (Wildman–Crippen LogP) is 17.7. The van der Waals surface area contributed by atoms with Crippen LogP contribution in [0.25, 0.3) is 67.8 Å². The maximum absolute atomic E-state index is 11.6. The van der Waals surface area contributed by atoms with Crippen LogP contribution in [0.15, 0.2) is 188 Å². The van der Waals surface area contributed by atoms with Gasteiger partial charge in [0.15, 0.2) is 11.6 Å². The van der Waals surface area contributed by atoms with Gasteiger partial charge in [0.25, 0.3) is 0 Å². The summed E-state index contributed by atoms with van der Waals surface area (Å²) >= 11 is 0. The number of nitrogens with zero attached hydrogens (tertiary/aromatic N) is 6. The van der Waals surface area contributed by atoms with Gasteiger partial charge >= 0.3 is 0 Å². The number of ether oxygens (including phenoxy) is 2. The molecule has 2 N–H and O–H groups in total. The number of aromatic nitrogens is 6. The SMILES string of the molecule is CC(C)(C)c1cc(-c2nc(-c3[c-]c(Oc4ccccn4)ccc3)cc(-c3ccccc3)n2)c(O)c(C(C)(C)C)c1.CC(C)(C)c1cc(-c2nc(-c3ccccc3)cc(-c3cccc(Oc4ccccn4)c3)n2)c(O)c(C(C)(C)C)c1.[Pt]. The van der Waals surface area contributed by atoms with Crippen molar-refractivity contribution in [1.29, 1.82) is 0 Å². The van der Waals surface area contributed by atoms with Crippen molar-refractivity contribution in [1.82, 2.24) is 29.9 Å². The fourth-order valence-corrected chi connectivity index (χ4v) is 8.98. The van der Waals surface area contributed by atoms with Crippen molar-refractivity contribution in [3.63, 3.8) is 0 Å². The Bertz CT molecular complexity index is 3530. The molecule has 81 heavy (non-hydrogen) atoms. The van der Waals surface area contributed by atoms with Gasteiger partial charge in [0, 0.05) is 73.6 Å². The molecule has 0 aliphatic rings. The molecule has 0 aliphatic carbocycles. The zero-order valence-corrected chi connectivity index (χ0v) is 50.4. The van der Waals surface area contributed by atoms with Crippen molar-refractivity contribution in [2.24, 2.45) is 0 Å². The fraction of sp³-hybridized carbons (Fsp3) is 0.229. The Kier molecular flexibility index (Phi) is 17.6. The Labute approximate surface area is 491 Å². The van der Waals surface area contributed by atoms with E-state index >= 15 is 0 Å². The number of aromatic hydroxyl groups is 2. The molecule has 6 aromatic carbocycles. The Balaban J connectivity index is 0.000000210. The topological polar surface area (TPSA) is 136 Å². The van der Waals surface area contributed by atoms with Crippen LogP contribution in [0.1, 0.15) is 105 Å². The van der Waals surface area contributed by atoms with Gasteiger partial charge in [0.1, 0.15) is 17.2 Å². The monoisotopic (exact) mass is 1250 g/mol. The molecule has 0 fully saturated rings. The van der Waals surface area contributed by atoms with E-state index in [4.69, 9.17) is 29.4 Å². The number of phenolic OH excluding ortho intramolecular Hbond substituents is 2. The smallest absolute Gasteiger partial charge is 0.219 e. The van der Waals surface area contributed by atoms with Gasteiger partial charge in [-0.2, -0.15) is 0 Å². The molecule has 10 nitrogen and oxygen atoms in total. The van der Waals surface area contributed by atoms with E-state index in [0.717, 1.165) is 61.6 Å². The molecule has 0 spiro atoms. The average Bonchev–Trinajstić information content (AvgIpc) is 3.57. The summed E-state index contributed by atoms with van der Waals surface area (Å²) < 4.78 is 11.9. The Morgan fingerprint density at radius 1 is 0.383 bits per heavy atom. The third-order valence-corrected chi connectivity index (χ3v) is 13.5.